The van der Waals surface area contributed by atoms with Crippen molar-refractivity contribution in [2.45, 2.75) is 0 Å². The quantitative estimate of drug-likeness (QED) is 0.730. The number of anilines is 2. The third kappa shape index (κ3) is 3.61. The van der Waals surface area contributed by atoms with E-state index in [1.54, 1.807) is 30.3 Å². The van der Waals surface area contributed by atoms with Crippen LogP contribution in [0, 0.1) is 0 Å². The zero-order valence-corrected chi connectivity index (χ0v) is 10.9. The second-order valence-electron chi connectivity index (χ2n) is 3.64. The summed E-state index contributed by atoms with van der Waals surface area (Å²) in [6, 6.07) is 14.0. The van der Waals surface area contributed by atoms with Crippen LogP contribution < -0.4 is 10.6 Å². The van der Waals surface area contributed by atoms with Crippen molar-refractivity contribution in [3.63, 3.8) is 0 Å². The summed E-state index contributed by atoms with van der Waals surface area (Å²) in [6.07, 6.45) is 0. The van der Waals surface area contributed by atoms with E-state index < -0.39 is 0 Å². The monoisotopic (exact) mass is 278 g/mol. The molecule has 18 heavy (non-hydrogen) atoms. The first-order valence-electron chi connectivity index (χ1n) is 5.26. The van der Waals surface area contributed by atoms with Gasteiger partial charge in [0.05, 0.1) is 0 Å². The summed E-state index contributed by atoms with van der Waals surface area (Å²) in [5.74, 6) is 0.189. The SMILES string of the molecule is Oc1cccc(NC(=S)Nc2ccc(Cl)cc2)c1. The molecule has 0 spiro atoms. The van der Waals surface area contributed by atoms with E-state index >= 15 is 0 Å². The van der Waals surface area contributed by atoms with Gasteiger partial charge in [-0.25, -0.2) is 0 Å². The number of hydrogen-bond acceptors (Lipinski definition) is 2. The van der Waals surface area contributed by atoms with Crippen molar-refractivity contribution in [1.29, 1.82) is 0 Å². The van der Waals surface area contributed by atoms with Crippen molar-refractivity contribution in [2.24, 2.45) is 0 Å². The molecule has 3 nitrogen and oxygen atoms in total. The Morgan fingerprint density at radius 3 is 2.33 bits per heavy atom. The molecule has 0 aliphatic heterocycles. The van der Waals surface area contributed by atoms with Gasteiger partial charge in [-0.05, 0) is 48.6 Å². The van der Waals surface area contributed by atoms with Crippen molar-refractivity contribution in [1.82, 2.24) is 0 Å². The van der Waals surface area contributed by atoms with Crippen LogP contribution in [-0.4, -0.2) is 10.2 Å². The van der Waals surface area contributed by atoms with Crippen LogP contribution in [0.15, 0.2) is 48.5 Å². The van der Waals surface area contributed by atoms with Gasteiger partial charge in [-0.3, -0.25) is 0 Å². The van der Waals surface area contributed by atoms with E-state index in [2.05, 4.69) is 10.6 Å². The smallest absolute Gasteiger partial charge is 0.175 e. The number of halogens is 1. The maximum Gasteiger partial charge on any atom is 0.175 e. The molecule has 0 fully saturated rings. The van der Waals surface area contributed by atoms with E-state index in [0.29, 0.717) is 10.1 Å². The predicted molar refractivity (Wildman–Crippen MR) is 79.4 cm³/mol. The lowest BCUT2D eigenvalue weighted by molar-refractivity contribution is 0.475. The van der Waals surface area contributed by atoms with Crippen molar-refractivity contribution in [2.75, 3.05) is 10.6 Å². The van der Waals surface area contributed by atoms with Crippen LogP contribution in [0.2, 0.25) is 5.02 Å². The minimum atomic E-state index is 0.189. The average Bonchev–Trinajstić information content (AvgIpc) is 2.32. The van der Waals surface area contributed by atoms with Crippen LogP contribution in [0.25, 0.3) is 0 Å². The average molecular weight is 279 g/mol. The van der Waals surface area contributed by atoms with Gasteiger partial charge in [-0.1, -0.05) is 17.7 Å². The highest BCUT2D eigenvalue weighted by atomic mass is 35.5. The van der Waals surface area contributed by atoms with Crippen LogP contribution in [0.3, 0.4) is 0 Å². The van der Waals surface area contributed by atoms with Crippen molar-refractivity contribution >= 4 is 40.3 Å². The molecule has 2 aromatic carbocycles. The lowest BCUT2D eigenvalue weighted by atomic mass is 10.3. The molecule has 0 aliphatic rings. The molecule has 0 aromatic heterocycles. The molecule has 0 amide bonds. The number of hydrogen-bond donors (Lipinski definition) is 3. The number of thiocarbonyl (C=S) groups is 1. The lowest BCUT2D eigenvalue weighted by Crippen LogP contribution is -2.18. The van der Waals surface area contributed by atoms with Crippen molar-refractivity contribution in [3.05, 3.63) is 53.6 Å². The predicted octanol–water partition coefficient (Wildman–Crippen LogP) is 3.85. The lowest BCUT2D eigenvalue weighted by Gasteiger charge is -2.10. The summed E-state index contributed by atoms with van der Waals surface area (Å²) in [7, 11) is 0. The van der Waals surface area contributed by atoms with Crippen LogP contribution in [-0.2, 0) is 0 Å². The Balaban J connectivity index is 1.98. The standard InChI is InChI=1S/C13H11ClN2OS/c14-9-4-6-10(7-5-9)15-13(18)16-11-2-1-3-12(17)8-11/h1-8,17H,(H2,15,16,18). The normalized spacial score (nSPS) is 9.83. The summed E-state index contributed by atoms with van der Waals surface area (Å²) >= 11 is 10.9. The largest absolute Gasteiger partial charge is 0.508 e. The van der Waals surface area contributed by atoms with Crippen molar-refractivity contribution < 1.29 is 5.11 Å². The molecule has 0 aliphatic carbocycles. The summed E-state index contributed by atoms with van der Waals surface area (Å²) in [4.78, 5) is 0. The Hall–Kier alpha value is -1.78. The molecule has 0 unspecified atom stereocenters. The first kappa shape index (κ1) is 12.7. The van der Waals surface area contributed by atoms with Gasteiger partial charge in [0.1, 0.15) is 5.75 Å². The van der Waals surface area contributed by atoms with Crippen LogP contribution in [0.5, 0.6) is 5.75 Å². The Kier molecular flexibility index (Phi) is 4.02. The number of phenolic OH excluding ortho intramolecular Hbond substituents is 1. The topological polar surface area (TPSA) is 44.3 Å². The molecule has 0 saturated carbocycles. The molecule has 0 heterocycles. The van der Waals surface area contributed by atoms with Gasteiger partial charge in [0.2, 0.25) is 0 Å². The Labute approximate surface area is 115 Å². The summed E-state index contributed by atoms with van der Waals surface area (Å²) in [6.45, 7) is 0. The minimum Gasteiger partial charge on any atom is -0.508 e. The Morgan fingerprint density at radius 2 is 1.67 bits per heavy atom. The van der Waals surface area contributed by atoms with Crippen LogP contribution in [0.4, 0.5) is 11.4 Å². The first-order chi connectivity index (χ1) is 8.63. The van der Waals surface area contributed by atoms with E-state index in [-0.39, 0.29) is 5.75 Å². The van der Waals surface area contributed by atoms with Crippen LogP contribution >= 0.6 is 23.8 Å². The molecule has 0 saturated heterocycles. The maximum absolute atomic E-state index is 9.33. The maximum atomic E-state index is 9.33. The molecular formula is C13H11ClN2OS. The van der Waals surface area contributed by atoms with Gasteiger partial charge in [0, 0.05) is 22.5 Å². The number of phenols is 1. The number of aromatic hydroxyl groups is 1. The second-order valence-corrected chi connectivity index (χ2v) is 4.48. The third-order valence-electron chi connectivity index (χ3n) is 2.21. The zero-order chi connectivity index (χ0) is 13.0. The summed E-state index contributed by atoms with van der Waals surface area (Å²) in [5, 5.41) is 16.4. The molecule has 0 bridgehead atoms. The van der Waals surface area contributed by atoms with Crippen molar-refractivity contribution in [3.8, 4) is 5.75 Å². The molecule has 0 radical (unpaired) electrons. The van der Waals surface area contributed by atoms with E-state index in [1.807, 2.05) is 18.2 Å². The molecule has 2 aromatic rings. The highest BCUT2D eigenvalue weighted by molar-refractivity contribution is 7.80. The van der Waals surface area contributed by atoms with Gasteiger partial charge in [-0.2, -0.15) is 0 Å². The fourth-order valence-electron chi connectivity index (χ4n) is 1.41. The molecule has 5 heteroatoms. The molecule has 3 N–H and O–H groups in total. The van der Waals surface area contributed by atoms with Crippen LogP contribution in [0.1, 0.15) is 0 Å². The first-order valence-corrected chi connectivity index (χ1v) is 6.05. The number of nitrogens with one attached hydrogen (secondary N) is 2. The zero-order valence-electron chi connectivity index (χ0n) is 9.35. The Morgan fingerprint density at radius 1 is 1.00 bits per heavy atom. The Bertz CT molecular complexity index is 557. The van der Waals surface area contributed by atoms with Gasteiger partial charge in [-0.15, -0.1) is 0 Å². The van der Waals surface area contributed by atoms with E-state index in [9.17, 15) is 5.11 Å². The fourth-order valence-corrected chi connectivity index (χ4v) is 1.77. The third-order valence-corrected chi connectivity index (χ3v) is 2.66. The summed E-state index contributed by atoms with van der Waals surface area (Å²) < 4.78 is 0. The highest BCUT2D eigenvalue weighted by Crippen LogP contribution is 2.17. The second kappa shape index (κ2) is 5.71. The van der Waals surface area contributed by atoms with Gasteiger partial charge < -0.3 is 15.7 Å². The molecule has 0 atom stereocenters. The fraction of sp³-hybridized carbons (Fsp3) is 0. The van der Waals surface area contributed by atoms with E-state index in [1.165, 1.54) is 0 Å². The van der Waals surface area contributed by atoms with E-state index in [0.717, 1.165) is 11.4 Å². The van der Waals surface area contributed by atoms with Gasteiger partial charge in [0.15, 0.2) is 5.11 Å². The minimum absolute atomic E-state index is 0.189. The molecule has 2 rings (SSSR count). The van der Waals surface area contributed by atoms with Gasteiger partial charge >= 0.3 is 0 Å². The highest BCUT2D eigenvalue weighted by Gasteiger charge is 1.99. The molecule has 92 valence electrons. The molecular weight excluding hydrogens is 268 g/mol. The number of benzene rings is 2. The number of rotatable bonds is 2. The van der Waals surface area contributed by atoms with Gasteiger partial charge in [0.25, 0.3) is 0 Å². The van der Waals surface area contributed by atoms with E-state index in [4.69, 9.17) is 23.8 Å². The summed E-state index contributed by atoms with van der Waals surface area (Å²) in [5.41, 5.74) is 1.57.